The molecule has 88 valence electrons. The van der Waals surface area contributed by atoms with Gasteiger partial charge >= 0.3 is 6.09 Å². The Labute approximate surface area is 98.5 Å². The molecule has 1 aromatic heterocycles. The van der Waals surface area contributed by atoms with Crippen molar-refractivity contribution in [1.29, 1.82) is 0 Å². The molecule has 17 heavy (non-hydrogen) atoms. The molecule has 1 heterocycles. The number of nitrogens with one attached hydrogen (secondary N) is 2. The van der Waals surface area contributed by atoms with Gasteiger partial charge in [0.05, 0.1) is 18.5 Å². The summed E-state index contributed by atoms with van der Waals surface area (Å²) in [7, 11) is 0. The number of carbonyl (C=O) groups is 1. The van der Waals surface area contributed by atoms with Crippen LogP contribution in [0.5, 0.6) is 0 Å². The highest BCUT2D eigenvalue weighted by molar-refractivity contribution is 5.89. The molecule has 0 bridgehead atoms. The summed E-state index contributed by atoms with van der Waals surface area (Å²) in [5.74, 6) is 0. The third-order valence-corrected chi connectivity index (χ3v) is 2.19. The molecule has 0 saturated carbocycles. The lowest BCUT2D eigenvalue weighted by Gasteiger charge is -1.97. The van der Waals surface area contributed by atoms with Gasteiger partial charge in [-0.15, -0.1) is 0 Å². The molecule has 0 atom stereocenters. The lowest BCUT2D eigenvalue weighted by atomic mass is 10.2. The van der Waals surface area contributed by atoms with Crippen molar-refractivity contribution in [3.63, 3.8) is 0 Å². The maximum Gasteiger partial charge on any atom is 0.427 e. The number of rotatable bonds is 3. The van der Waals surface area contributed by atoms with Gasteiger partial charge in [-0.25, -0.2) is 10.2 Å². The van der Waals surface area contributed by atoms with E-state index in [1.165, 1.54) is 6.21 Å². The number of hydrogen-bond donors (Lipinski definition) is 2. The van der Waals surface area contributed by atoms with E-state index in [0.29, 0.717) is 6.61 Å². The molecular formula is C12H13N3O2. The predicted octanol–water partition coefficient (Wildman–Crippen LogP) is 2.25. The Morgan fingerprint density at radius 1 is 1.53 bits per heavy atom. The Morgan fingerprint density at radius 2 is 2.35 bits per heavy atom. The summed E-state index contributed by atoms with van der Waals surface area (Å²) in [6.07, 6.45) is 0.983. The van der Waals surface area contributed by atoms with Gasteiger partial charge in [0.2, 0.25) is 0 Å². The highest BCUT2D eigenvalue weighted by Gasteiger charge is 1.98. The fourth-order valence-corrected chi connectivity index (χ4v) is 1.48. The number of carbonyl (C=O) groups excluding carboxylic acids is 1. The third-order valence-electron chi connectivity index (χ3n) is 2.19. The van der Waals surface area contributed by atoms with Gasteiger partial charge in [0, 0.05) is 10.9 Å². The van der Waals surface area contributed by atoms with Crippen LogP contribution in [0.25, 0.3) is 10.9 Å². The first-order chi connectivity index (χ1) is 8.29. The summed E-state index contributed by atoms with van der Waals surface area (Å²) in [6, 6.07) is 9.85. The van der Waals surface area contributed by atoms with E-state index in [2.05, 4.69) is 20.2 Å². The number of amides is 1. The number of hydrazone groups is 1. The first-order valence-corrected chi connectivity index (χ1v) is 5.33. The van der Waals surface area contributed by atoms with Crippen molar-refractivity contribution in [3.8, 4) is 0 Å². The second-order valence-electron chi connectivity index (χ2n) is 3.40. The van der Waals surface area contributed by atoms with Gasteiger partial charge < -0.3 is 9.72 Å². The smallest absolute Gasteiger partial charge is 0.427 e. The second kappa shape index (κ2) is 5.16. The molecule has 2 rings (SSSR count). The highest BCUT2D eigenvalue weighted by atomic mass is 16.5. The van der Waals surface area contributed by atoms with Crippen molar-refractivity contribution < 1.29 is 9.53 Å². The summed E-state index contributed by atoms with van der Waals surface area (Å²) >= 11 is 0. The van der Waals surface area contributed by atoms with Gasteiger partial charge in [0.25, 0.3) is 0 Å². The van der Waals surface area contributed by atoms with Gasteiger partial charge in [0.1, 0.15) is 0 Å². The summed E-state index contributed by atoms with van der Waals surface area (Å²) in [4.78, 5) is 14.1. The summed E-state index contributed by atoms with van der Waals surface area (Å²) in [5.41, 5.74) is 4.12. The molecule has 0 unspecified atom stereocenters. The van der Waals surface area contributed by atoms with E-state index in [9.17, 15) is 4.79 Å². The zero-order valence-corrected chi connectivity index (χ0v) is 9.43. The van der Waals surface area contributed by atoms with E-state index >= 15 is 0 Å². The molecule has 2 aromatic rings. The molecule has 0 aliphatic rings. The Balaban J connectivity index is 2.03. The Hall–Kier alpha value is -2.30. The average Bonchev–Trinajstić information content (AvgIpc) is 2.71. The van der Waals surface area contributed by atoms with Crippen LogP contribution >= 0.6 is 0 Å². The van der Waals surface area contributed by atoms with Crippen molar-refractivity contribution >= 4 is 23.2 Å². The molecule has 1 aromatic carbocycles. The topological polar surface area (TPSA) is 66.5 Å². The van der Waals surface area contributed by atoms with Crippen LogP contribution in [0.4, 0.5) is 4.79 Å². The normalized spacial score (nSPS) is 10.9. The number of aromatic nitrogens is 1. The summed E-state index contributed by atoms with van der Waals surface area (Å²) in [6.45, 7) is 2.06. The highest BCUT2D eigenvalue weighted by Crippen LogP contribution is 2.12. The van der Waals surface area contributed by atoms with E-state index in [-0.39, 0.29) is 0 Å². The molecule has 0 aliphatic heterocycles. The van der Waals surface area contributed by atoms with Crippen LogP contribution in [0.15, 0.2) is 35.4 Å². The van der Waals surface area contributed by atoms with Crippen LogP contribution in [-0.2, 0) is 4.74 Å². The SMILES string of the molecule is CCOC(=O)N/N=C/c1cc2ccccc2[nH]1. The predicted molar refractivity (Wildman–Crippen MR) is 66.1 cm³/mol. The van der Waals surface area contributed by atoms with Gasteiger partial charge in [-0.1, -0.05) is 18.2 Å². The monoisotopic (exact) mass is 231 g/mol. The average molecular weight is 231 g/mol. The first-order valence-electron chi connectivity index (χ1n) is 5.33. The van der Waals surface area contributed by atoms with E-state index in [1.807, 2.05) is 30.3 Å². The minimum absolute atomic E-state index is 0.327. The lowest BCUT2D eigenvalue weighted by molar-refractivity contribution is 0.152. The van der Waals surface area contributed by atoms with Crippen molar-refractivity contribution in [2.45, 2.75) is 6.92 Å². The van der Waals surface area contributed by atoms with Crippen LogP contribution in [-0.4, -0.2) is 23.9 Å². The lowest BCUT2D eigenvalue weighted by Crippen LogP contribution is -2.18. The van der Waals surface area contributed by atoms with E-state index in [0.717, 1.165) is 16.6 Å². The Bertz CT molecular complexity index is 512. The molecule has 0 saturated heterocycles. The number of fused-ring (bicyclic) bond motifs is 1. The van der Waals surface area contributed by atoms with Gasteiger partial charge in [-0.05, 0) is 19.1 Å². The maximum absolute atomic E-state index is 10.9. The van der Waals surface area contributed by atoms with Crippen LogP contribution in [0.2, 0.25) is 0 Å². The van der Waals surface area contributed by atoms with Gasteiger partial charge in [-0.3, -0.25) is 0 Å². The van der Waals surface area contributed by atoms with Crippen molar-refractivity contribution in [2.24, 2.45) is 5.10 Å². The molecule has 5 heteroatoms. The molecule has 0 spiro atoms. The number of para-hydroxylation sites is 1. The molecule has 0 fully saturated rings. The molecule has 0 radical (unpaired) electrons. The van der Waals surface area contributed by atoms with Crippen molar-refractivity contribution in [2.75, 3.05) is 6.61 Å². The minimum Gasteiger partial charge on any atom is -0.449 e. The summed E-state index contributed by atoms with van der Waals surface area (Å²) < 4.78 is 4.66. The maximum atomic E-state index is 10.9. The number of H-pyrrole nitrogens is 1. The van der Waals surface area contributed by atoms with E-state index in [1.54, 1.807) is 6.92 Å². The standard InChI is InChI=1S/C12H13N3O2/c1-2-17-12(16)15-13-8-10-7-9-5-3-4-6-11(9)14-10/h3-8,14H,2H2,1H3,(H,15,16)/b13-8+. The Morgan fingerprint density at radius 3 is 3.12 bits per heavy atom. The molecule has 1 amide bonds. The Kier molecular flexibility index (Phi) is 3.40. The zero-order chi connectivity index (χ0) is 12.1. The van der Waals surface area contributed by atoms with Crippen LogP contribution in [0.1, 0.15) is 12.6 Å². The van der Waals surface area contributed by atoms with Crippen LogP contribution in [0.3, 0.4) is 0 Å². The van der Waals surface area contributed by atoms with Crippen LogP contribution in [0, 0.1) is 0 Å². The minimum atomic E-state index is -0.556. The van der Waals surface area contributed by atoms with Crippen molar-refractivity contribution in [1.82, 2.24) is 10.4 Å². The fraction of sp³-hybridized carbons (Fsp3) is 0.167. The van der Waals surface area contributed by atoms with Gasteiger partial charge in [0.15, 0.2) is 0 Å². The van der Waals surface area contributed by atoms with Gasteiger partial charge in [-0.2, -0.15) is 5.10 Å². The van der Waals surface area contributed by atoms with Crippen molar-refractivity contribution in [3.05, 3.63) is 36.0 Å². The molecule has 2 N–H and O–H groups in total. The molecular weight excluding hydrogens is 218 g/mol. The number of ether oxygens (including phenoxy) is 1. The number of hydrogen-bond acceptors (Lipinski definition) is 3. The zero-order valence-electron chi connectivity index (χ0n) is 9.43. The summed E-state index contributed by atoms with van der Waals surface area (Å²) in [5, 5.41) is 4.88. The van der Waals surface area contributed by atoms with Crippen LogP contribution < -0.4 is 5.43 Å². The second-order valence-corrected chi connectivity index (χ2v) is 3.40. The number of nitrogens with zero attached hydrogens (tertiary/aromatic N) is 1. The van der Waals surface area contributed by atoms with E-state index in [4.69, 9.17) is 0 Å². The quantitative estimate of drug-likeness (QED) is 0.628. The largest absolute Gasteiger partial charge is 0.449 e. The van der Waals surface area contributed by atoms with E-state index < -0.39 is 6.09 Å². The number of aromatic amines is 1. The molecule has 5 nitrogen and oxygen atoms in total. The number of benzene rings is 1. The third kappa shape index (κ3) is 2.84. The first kappa shape index (κ1) is 11.2. The fourth-order valence-electron chi connectivity index (χ4n) is 1.48. The molecule has 0 aliphatic carbocycles.